The minimum Gasteiger partial charge on any atom is -0.390 e. The zero-order chi connectivity index (χ0) is 30.7. The highest BCUT2D eigenvalue weighted by molar-refractivity contribution is 5.95. The molecule has 12 atom stereocenters. The van der Waals surface area contributed by atoms with E-state index in [0.29, 0.717) is 25.7 Å². The van der Waals surface area contributed by atoms with Crippen LogP contribution in [0, 0.1) is 28.6 Å². The first-order valence-corrected chi connectivity index (χ1v) is 16.8. The van der Waals surface area contributed by atoms with Crippen molar-refractivity contribution in [2.45, 2.75) is 173 Å². The smallest absolute Gasteiger partial charge is 0.166 e. The van der Waals surface area contributed by atoms with E-state index in [-0.39, 0.29) is 47.3 Å². The number of aliphatic hydroxyl groups is 2. The van der Waals surface area contributed by atoms with Gasteiger partial charge in [0, 0.05) is 11.3 Å². The third kappa shape index (κ3) is 4.38. The first-order chi connectivity index (χ1) is 19.4. The number of hydrogen-bond donors (Lipinski definition) is 2. The molecule has 2 aliphatic heterocycles. The second-order valence-corrected chi connectivity index (χ2v) is 16.5. The highest BCUT2D eigenvalue weighted by Crippen LogP contribution is 2.70. The maximum Gasteiger partial charge on any atom is 0.166 e. The van der Waals surface area contributed by atoms with Crippen LogP contribution in [-0.4, -0.2) is 62.7 Å². The molecular formula is C35H56O7. The second-order valence-electron chi connectivity index (χ2n) is 16.5. The van der Waals surface area contributed by atoms with Gasteiger partial charge in [-0.3, -0.25) is 4.79 Å². The molecule has 6 rings (SSSR count). The van der Waals surface area contributed by atoms with Gasteiger partial charge in [0.15, 0.2) is 17.4 Å². The number of ketones is 1. The number of allylic oxidation sites excluding steroid dienone is 1. The van der Waals surface area contributed by atoms with Crippen molar-refractivity contribution in [3.05, 3.63) is 11.6 Å². The summed E-state index contributed by atoms with van der Waals surface area (Å²) in [5, 5.41) is 23.4. The molecule has 7 nitrogen and oxygen atoms in total. The second kappa shape index (κ2) is 9.59. The Hall–Kier alpha value is -0.830. The van der Waals surface area contributed by atoms with Gasteiger partial charge in [-0.2, -0.15) is 0 Å². The molecule has 6 aliphatic rings. The summed E-state index contributed by atoms with van der Waals surface area (Å²) in [5.41, 5.74) is -2.28. The summed E-state index contributed by atoms with van der Waals surface area (Å²) in [6.07, 6.45) is 9.08. The van der Waals surface area contributed by atoms with Crippen LogP contribution < -0.4 is 0 Å². The van der Waals surface area contributed by atoms with E-state index >= 15 is 0 Å². The van der Waals surface area contributed by atoms with Gasteiger partial charge in [0.25, 0.3) is 0 Å². The molecule has 2 saturated heterocycles. The van der Waals surface area contributed by atoms with Gasteiger partial charge in [0.2, 0.25) is 0 Å². The lowest BCUT2D eigenvalue weighted by Gasteiger charge is -2.60. The fourth-order valence-electron chi connectivity index (χ4n) is 10.6. The van der Waals surface area contributed by atoms with E-state index in [9.17, 15) is 15.0 Å². The molecule has 0 spiro atoms. The van der Waals surface area contributed by atoms with Crippen molar-refractivity contribution in [2.75, 3.05) is 0 Å². The molecule has 0 aromatic rings. The van der Waals surface area contributed by atoms with Crippen LogP contribution in [0.2, 0.25) is 0 Å². The van der Waals surface area contributed by atoms with E-state index in [2.05, 4.69) is 34.6 Å². The van der Waals surface area contributed by atoms with Gasteiger partial charge >= 0.3 is 0 Å². The van der Waals surface area contributed by atoms with Crippen molar-refractivity contribution in [3.8, 4) is 0 Å². The maximum atomic E-state index is 13.9. The maximum absolute atomic E-state index is 13.9. The van der Waals surface area contributed by atoms with Gasteiger partial charge in [-0.25, -0.2) is 0 Å². The Morgan fingerprint density at radius 3 is 2.24 bits per heavy atom. The standard InChI is InChI=1S/C35H56O7/c1-10-32(7)39-25-19-23-24(36)18-22-21(30(23,5)20-26(25)40-32)12-16-31(6)27(13-17-35(22,31)38)34(9)28(14-15-29(3,4)37)41-33(8,11-2)42-34/h18,21,23,25-28,37-38H,10-17,19-20H2,1-9H3/t21-,23+,25-,26+,27+,28+,30-,31-,32-,33-,34-,35-/m1/s1. The summed E-state index contributed by atoms with van der Waals surface area (Å²) < 4.78 is 26.4. The largest absolute Gasteiger partial charge is 0.390 e. The van der Waals surface area contributed by atoms with Crippen molar-refractivity contribution in [1.29, 1.82) is 0 Å². The van der Waals surface area contributed by atoms with Crippen LogP contribution in [0.5, 0.6) is 0 Å². The van der Waals surface area contributed by atoms with Crippen molar-refractivity contribution < 1.29 is 34.0 Å². The number of fused-ring (bicyclic) bond motifs is 6. The fraction of sp³-hybridized carbons (Fsp3) is 0.914. The molecule has 3 saturated carbocycles. The summed E-state index contributed by atoms with van der Waals surface area (Å²) in [5.74, 6) is -1.08. The first-order valence-electron chi connectivity index (χ1n) is 16.8. The number of carbonyl (C=O) groups excluding carboxylic acids is 1. The van der Waals surface area contributed by atoms with Gasteiger partial charge in [0.05, 0.1) is 35.1 Å². The van der Waals surface area contributed by atoms with Crippen LogP contribution in [0.1, 0.15) is 127 Å². The summed E-state index contributed by atoms with van der Waals surface area (Å²) in [6, 6.07) is 0. The van der Waals surface area contributed by atoms with Gasteiger partial charge in [-0.15, -0.1) is 0 Å². The van der Waals surface area contributed by atoms with Gasteiger partial charge in [0.1, 0.15) is 0 Å². The lowest BCUT2D eigenvalue weighted by atomic mass is 9.45. The van der Waals surface area contributed by atoms with Crippen LogP contribution in [-0.2, 0) is 23.7 Å². The average Bonchev–Trinajstić information content (AvgIpc) is 3.47. The molecule has 2 N–H and O–H groups in total. The lowest BCUT2D eigenvalue weighted by Crippen LogP contribution is -2.62. The van der Waals surface area contributed by atoms with Crippen molar-refractivity contribution >= 4 is 5.78 Å². The minimum atomic E-state index is -1.08. The highest BCUT2D eigenvalue weighted by Gasteiger charge is 2.72. The van der Waals surface area contributed by atoms with Crippen LogP contribution in [0.15, 0.2) is 11.6 Å². The Bertz CT molecular complexity index is 1140. The summed E-state index contributed by atoms with van der Waals surface area (Å²) in [7, 11) is 0. The van der Waals surface area contributed by atoms with E-state index in [1.165, 1.54) is 0 Å². The Kier molecular flexibility index (Phi) is 7.12. The highest BCUT2D eigenvalue weighted by atomic mass is 16.8. The predicted molar refractivity (Wildman–Crippen MR) is 159 cm³/mol. The third-order valence-electron chi connectivity index (χ3n) is 13.3. The van der Waals surface area contributed by atoms with Gasteiger partial charge in [-0.1, -0.05) is 27.7 Å². The predicted octanol–water partition coefficient (Wildman–Crippen LogP) is 6.23. The van der Waals surface area contributed by atoms with Crippen LogP contribution in [0.3, 0.4) is 0 Å². The molecule has 7 heteroatoms. The summed E-state index contributed by atoms with van der Waals surface area (Å²) in [4.78, 5) is 13.9. The quantitative estimate of drug-likeness (QED) is 0.380. The van der Waals surface area contributed by atoms with Crippen molar-refractivity contribution in [3.63, 3.8) is 0 Å². The molecule has 238 valence electrons. The lowest BCUT2D eigenvalue weighted by molar-refractivity contribution is -0.200. The van der Waals surface area contributed by atoms with Gasteiger partial charge < -0.3 is 29.2 Å². The number of rotatable bonds is 6. The molecule has 4 aliphatic carbocycles. The van der Waals surface area contributed by atoms with Gasteiger partial charge in [-0.05, 0) is 128 Å². The molecule has 0 bridgehead atoms. The monoisotopic (exact) mass is 588 g/mol. The van der Waals surface area contributed by atoms with Crippen molar-refractivity contribution in [2.24, 2.45) is 28.6 Å². The molecule has 5 fully saturated rings. The molecular weight excluding hydrogens is 532 g/mol. The molecule has 0 aromatic heterocycles. The normalized spacial score (nSPS) is 53.8. The van der Waals surface area contributed by atoms with Crippen molar-refractivity contribution in [1.82, 2.24) is 0 Å². The minimum absolute atomic E-state index is 0.0196. The summed E-state index contributed by atoms with van der Waals surface area (Å²) >= 11 is 0. The number of ether oxygens (including phenoxy) is 4. The Morgan fingerprint density at radius 1 is 0.929 bits per heavy atom. The van der Waals surface area contributed by atoms with E-state index < -0.39 is 33.8 Å². The Morgan fingerprint density at radius 2 is 1.60 bits per heavy atom. The zero-order valence-corrected chi connectivity index (χ0v) is 27.5. The molecule has 42 heavy (non-hydrogen) atoms. The third-order valence-corrected chi connectivity index (χ3v) is 13.3. The van der Waals surface area contributed by atoms with E-state index in [4.69, 9.17) is 18.9 Å². The van der Waals surface area contributed by atoms with E-state index in [1.807, 2.05) is 33.8 Å². The van der Waals surface area contributed by atoms with Crippen LogP contribution in [0.4, 0.5) is 0 Å². The average molecular weight is 589 g/mol. The molecule has 2 heterocycles. The Balaban J connectivity index is 1.33. The number of hydrogen-bond acceptors (Lipinski definition) is 7. The fourth-order valence-corrected chi connectivity index (χ4v) is 10.6. The summed E-state index contributed by atoms with van der Waals surface area (Å²) in [6.45, 7) is 18.6. The van der Waals surface area contributed by atoms with Crippen LogP contribution >= 0.6 is 0 Å². The first kappa shape index (κ1) is 31.2. The van der Waals surface area contributed by atoms with E-state index in [1.54, 1.807) is 0 Å². The number of carbonyl (C=O) groups is 1. The van der Waals surface area contributed by atoms with E-state index in [0.717, 1.165) is 44.1 Å². The zero-order valence-electron chi connectivity index (χ0n) is 27.5. The molecule has 0 radical (unpaired) electrons. The molecule has 0 unspecified atom stereocenters. The van der Waals surface area contributed by atoms with Crippen LogP contribution in [0.25, 0.3) is 0 Å². The Labute approximate surface area is 253 Å². The molecule has 0 aromatic carbocycles. The SMILES string of the molecule is CC[C@@]1(C)O[C@H]2C[C@]3(C)[C@@H]4CC[C@]5(C)[C@@H]([C@@]6(C)O[C@](C)(CC)O[C@H]6CCC(C)(C)O)CC[C@@]5(O)C4=CC(=O)[C@@H]3C[C@H]2O1. The molecule has 0 amide bonds. The topological polar surface area (TPSA) is 94.5 Å².